The molecule has 18 heavy (non-hydrogen) atoms. The fourth-order valence-corrected chi connectivity index (χ4v) is 1.97. The number of rotatable bonds is 3. The maximum Gasteiger partial charge on any atom is 0.147 e. The quantitative estimate of drug-likeness (QED) is 0.849. The number of nitrogens with one attached hydrogen (secondary N) is 1. The van der Waals surface area contributed by atoms with Crippen molar-refractivity contribution in [2.45, 2.75) is 0 Å². The van der Waals surface area contributed by atoms with E-state index >= 15 is 0 Å². The van der Waals surface area contributed by atoms with Crippen molar-refractivity contribution >= 4 is 44.6 Å². The summed E-state index contributed by atoms with van der Waals surface area (Å²) in [5, 5.41) is 2.89. The smallest absolute Gasteiger partial charge is 0.147 e. The van der Waals surface area contributed by atoms with E-state index < -0.39 is 0 Å². The molecule has 0 aliphatic rings. The Labute approximate surface area is 117 Å². The third-order valence-corrected chi connectivity index (χ3v) is 3.16. The molecular formula is C12H9BrFN3S. The minimum absolute atomic E-state index is 0.271. The summed E-state index contributed by atoms with van der Waals surface area (Å²) in [5.74, 6) is 0.109. The van der Waals surface area contributed by atoms with Crippen molar-refractivity contribution in [3.8, 4) is 0 Å². The van der Waals surface area contributed by atoms with Crippen LogP contribution in [-0.2, 0) is 0 Å². The van der Waals surface area contributed by atoms with Crippen LogP contribution >= 0.6 is 28.1 Å². The first-order chi connectivity index (χ1) is 8.58. The highest BCUT2D eigenvalue weighted by Gasteiger charge is 2.07. The van der Waals surface area contributed by atoms with E-state index in [1.807, 2.05) is 0 Å². The first-order valence-electron chi connectivity index (χ1n) is 5.05. The van der Waals surface area contributed by atoms with Crippen molar-refractivity contribution in [1.82, 2.24) is 4.98 Å². The van der Waals surface area contributed by atoms with E-state index in [0.717, 1.165) is 0 Å². The average molecular weight is 326 g/mol. The molecule has 6 heteroatoms. The Kier molecular flexibility index (Phi) is 3.88. The van der Waals surface area contributed by atoms with Crippen LogP contribution < -0.4 is 11.1 Å². The lowest BCUT2D eigenvalue weighted by Gasteiger charge is -2.09. The van der Waals surface area contributed by atoms with E-state index in [1.165, 1.54) is 6.07 Å². The summed E-state index contributed by atoms with van der Waals surface area (Å²) in [5.41, 5.74) is 6.53. The van der Waals surface area contributed by atoms with Gasteiger partial charge in [-0.15, -0.1) is 0 Å². The summed E-state index contributed by atoms with van der Waals surface area (Å²) in [6.07, 6.45) is 1.56. The van der Waals surface area contributed by atoms with Gasteiger partial charge in [-0.25, -0.2) is 9.37 Å². The highest BCUT2D eigenvalue weighted by Crippen LogP contribution is 2.27. The van der Waals surface area contributed by atoms with Gasteiger partial charge in [0.05, 0.1) is 5.69 Å². The SMILES string of the molecule is NC(=S)c1ccnc(Nc2c(F)cccc2Br)c1. The minimum atomic E-state index is -0.369. The van der Waals surface area contributed by atoms with Gasteiger partial charge in [-0.1, -0.05) is 18.3 Å². The fourth-order valence-electron chi connectivity index (χ4n) is 1.40. The van der Waals surface area contributed by atoms with E-state index in [4.69, 9.17) is 18.0 Å². The minimum Gasteiger partial charge on any atom is -0.389 e. The summed E-state index contributed by atoms with van der Waals surface area (Å²) in [7, 11) is 0. The number of halogens is 2. The van der Waals surface area contributed by atoms with Crippen molar-refractivity contribution in [1.29, 1.82) is 0 Å². The molecule has 0 spiro atoms. The molecule has 2 aromatic rings. The first-order valence-corrected chi connectivity index (χ1v) is 6.25. The summed E-state index contributed by atoms with van der Waals surface area (Å²) in [6, 6.07) is 8.09. The molecule has 92 valence electrons. The van der Waals surface area contributed by atoms with Crippen LogP contribution in [0.4, 0.5) is 15.9 Å². The van der Waals surface area contributed by atoms with Gasteiger partial charge in [0.1, 0.15) is 16.6 Å². The van der Waals surface area contributed by atoms with Gasteiger partial charge in [0, 0.05) is 16.2 Å². The Balaban J connectivity index is 2.34. The lowest BCUT2D eigenvalue weighted by molar-refractivity contribution is 0.631. The Morgan fingerprint density at radius 3 is 2.83 bits per heavy atom. The second-order valence-electron chi connectivity index (χ2n) is 3.52. The van der Waals surface area contributed by atoms with Crippen LogP contribution in [0, 0.1) is 5.82 Å². The normalized spacial score (nSPS) is 10.1. The standard InChI is InChI=1S/C12H9BrFN3S/c13-8-2-1-3-9(14)11(8)17-10-6-7(12(15)18)4-5-16-10/h1-6H,(H2,15,18)(H,16,17). The van der Waals surface area contributed by atoms with Crippen molar-refractivity contribution in [3.63, 3.8) is 0 Å². The number of nitrogens with two attached hydrogens (primary N) is 1. The van der Waals surface area contributed by atoms with Crippen LogP contribution in [0.15, 0.2) is 41.0 Å². The first kappa shape index (κ1) is 12.9. The number of thiocarbonyl (C=S) groups is 1. The maximum absolute atomic E-state index is 13.6. The van der Waals surface area contributed by atoms with Crippen molar-refractivity contribution < 1.29 is 4.39 Å². The zero-order chi connectivity index (χ0) is 13.1. The molecule has 0 atom stereocenters. The number of nitrogens with zero attached hydrogens (tertiary/aromatic N) is 1. The maximum atomic E-state index is 13.6. The number of hydrogen-bond donors (Lipinski definition) is 2. The summed E-state index contributed by atoms with van der Waals surface area (Å²) >= 11 is 8.15. The fraction of sp³-hybridized carbons (Fsp3) is 0. The molecule has 0 amide bonds. The van der Waals surface area contributed by atoms with Crippen LogP contribution in [0.3, 0.4) is 0 Å². The number of hydrogen-bond acceptors (Lipinski definition) is 3. The molecule has 3 nitrogen and oxygen atoms in total. The van der Waals surface area contributed by atoms with Gasteiger partial charge in [-0.2, -0.15) is 0 Å². The third kappa shape index (κ3) is 2.83. The highest BCUT2D eigenvalue weighted by molar-refractivity contribution is 9.10. The van der Waals surface area contributed by atoms with Crippen molar-refractivity contribution in [2.75, 3.05) is 5.32 Å². The summed E-state index contributed by atoms with van der Waals surface area (Å²) in [4.78, 5) is 4.36. The Bertz CT molecular complexity index is 583. The number of aromatic nitrogens is 1. The highest BCUT2D eigenvalue weighted by atomic mass is 79.9. The molecule has 0 bridgehead atoms. The number of para-hydroxylation sites is 1. The van der Waals surface area contributed by atoms with E-state index in [0.29, 0.717) is 21.5 Å². The van der Waals surface area contributed by atoms with Gasteiger partial charge in [0.25, 0.3) is 0 Å². The van der Waals surface area contributed by atoms with Gasteiger partial charge in [-0.05, 0) is 40.2 Å². The van der Waals surface area contributed by atoms with E-state index in [1.54, 1.807) is 30.5 Å². The largest absolute Gasteiger partial charge is 0.389 e. The van der Waals surface area contributed by atoms with Gasteiger partial charge in [0.15, 0.2) is 0 Å². The number of pyridine rings is 1. The van der Waals surface area contributed by atoms with Gasteiger partial charge >= 0.3 is 0 Å². The monoisotopic (exact) mass is 325 g/mol. The Hall–Kier alpha value is -1.53. The Morgan fingerprint density at radius 1 is 1.39 bits per heavy atom. The molecule has 1 aromatic carbocycles. The predicted molar refractivity (Wildman–Crippen MR) is 77.5 cm³/mol. The lowest BCUT2D eigenvalue weighted by atomic mass is 10.2. The molecule has 2 rings (SSSR count). The average Bonchev–Trinajstić information content (AvgIpc) is 2.34. The van der Waals surface area contributed by atoms with Crippen molar-refractivity contribution in [2.24, 2.45) is 5.73 Å². The molecule has 1 heterocycles. The van der Waals surface area contributed by atoms with Crippen LogP contribution in [0.5, 0.6) is 0 Å². The van der Waals surface area contributed by atoms with Crippen LogP contribution in [-0.4, -0.2) is 9.97 Å². The molecule has 0 radical (unpaired) electrons. The Morgan fingerprint density at radius 2 is 2.17 bits per heavy atom. The van der Waals surface area contributed by atoms with E-state index in [-0.39, 0.29) is 10.8 Å². The van der Waals surface area contributed by atoms with Crippen LogP contribution in [0.2, 0.25) is 0 Å². The third-order valence-electron chi connectivity index (χ3n) is 2.26. The number of anilines is 2. The molecule has 3 N–H and O–H groups in total. The summed E-state index contributed by atoms with van der Waals surface area (Å²) < 4.78 is 14.2. The summed E-state index contributed by atoms with van der Waals surface area (Å²) in [6.45, 7) is 0. The number of benzene rings is 1. The second-order valence-corrected chi connectivity index (χ2v) is 4.81. The molecular weight excluding hydrogens is 317 g/mol. The molecule has 0 unspecified atom stereocenters. The van der Waals surface area contributed by atoms with Crippen molar-refractivity contribution in [3.05, 3.63) is 52.4 Å². The zero-order valence-corrected chi connectivity index (χ0v) is 11.6. The van der Waals surface area contributed by atoms with Crippen LogP contribution in [0.25, 0.3) is 0 Å². The molecule has 0 aliphatic carbocycles. The molecule has 0 saturated carbocycles. The second kappa shape index (κ2) is 5.41. The zero-order valence-electron chi connectivity index (χ0n) is 9.15. The lowest BCUT2D eigenvalue weighted by Crippen LogP contribution is -2.10. The van der Waals surface area contributed by atoms with E-state index in [2.05, 4.69) is 26.2 Å². The topological polar surface area (TPSA) is 50.9 Å². The van der Waals surface area contributed by atoms with Crippen LogP contribution in [0.1, 0.15) is 5.56 Å². The molecule has 0 saturated heterocycles. The molecule has 0 fully saturated rings. The van der Waals surface area contributed by atoms with E-state index in [9.17, 15) is 4.39 Å². The predicted octanol–water partition coefficient (Wildman–Crippen LogP) is 3.36. The molecule has 1 aromatic heterocycles. The van der Waals surface area contributed by atoms with Gasteiger partial charge in [0.2, 0.25) is 0 Å². The van der Waals surface area contributed by atoms with Gasteiger partial charge in [-0.3, -0.25) is 0 Å². The van der Waals surface area contributed by atoms with Gasteiger partial charge < -0.3 is 11.1 Å². The molecule has 0 aliphatic heterocycles.